The maximum Gasteiger partial charge on any atom is -0.0149 e. The highest BCUT2D eigenvalue weighted by Gasteiger charge is 2.08. The van der Waals surface area contributed by atoms with Gasteiger partial charge < -0.3 is 0 Å². The lowest BCUT2D eigenvalue weighted by atomic mass is 9.91. The molecule has 0 saturated carbocycles. The lowest BCUT2D eigenvalue weighted by Crippen LogP contribution is -1.92. The smallest absolute Gasteiger partial charge is 0.0149 e. The van der Waals surface area contributed by atoms with Crippen LogP contribution in [-0.4, -0.2) is 0 Å². The third-order valence-corrected chi connectivity index (χ3v) is 3.74. The fraction of sp³-hybridized carbons (Fsp3) is 0.294. The number of aryl methyl sites for hydroxylation is 4. The molecule has 0 heterocycles. The summed E-state index contributed by atoms with van der Waals surface area (Å²) in [6, 6.07) is 11.1. The molecule has 0 aliphatic rings. The first-order valence-electron chi connectivity index (χ1n) is 6.15. The van der Waals surface area contributed by atoms with Gasteiger partial charge in [0.05, 0.1) is 0 Å². The Morgan fingerprint density at radius 1 is 0.588 bits per heavy atom. The van der Waals surface area contributed by atoms with Gasteiger partial charge in [0.1, 0.15) is 0 Å². The molecule has 2 aromatic rings. The molecule has 0 radical (unpaired) electrons. The van der Waals surface area contributed by atoms with E-state index in [1.54, 1.807) is 0 Å². The minimum absolute atomic E-state index is 1.36. The zero-order valence-electron chi connectivity index (χ0n) is 11.4. The molecule has 2 aromatic carbocycles. The van der Waals surface area contributed by atoms with Crippen molar-refractivity contribution in [2.24, 2.45) is 0 Å². The SMILES string of the molecule is Cc1cc(C)c(-c2cccc(C)c2C)cc1C. The van der Waals surface area contributed by atoms with E-state index in [0.717, 1.165) is 0 Å². The van der Waals surface area contributed by atoms with Crippen molar-refractivity contribution in [3.8, 4) is 11.1 Å². The summed E-state index contributed by atoms with van der Waals surface area (Å²) in [5, 5.41) is 0. The summed E-state index contributed by atoms with van der Waals surface area (Å²) in [6.07, 6.45) is 0. The molecule has 17 heavy (non-hydrogen) atoms. The Morgan fingerprint density at radius 3 is 1.94 bits per heavy atom. The maximum absolute atomic E-state index is 2.31. The molecule has 0 atom stereocenters. The molecule has 0 bridgehead atoms. The average molecular weight is 224 g/mol. The van der Waals surface area contributed by atoms with E-state index in [1.807, 2.05) is 0 Å². The molecule has 2 rings (SSSR count). The van der Waals surface area contributed by atoms with E-state index in [9.17, 15) is 0 Å². The first kappa shape index (κ1) is 11.9. The normalized spacial score (nSPS) is 10.6. The molecule has 0 nitrogen and oxygen atoms in total. The minimum atomic E-state index is 1.36. The first-order chi connectivity index (χ1) is 8.00. The summed E-state index contributed by atoms with van der Waals surface area (Å²) in [4.78, 5) is 0. The van der Waals surface area contributed by atoms with Crippen molar-refractivity contribution in [1.82, 2.24) is 0 Å². The van der Waals surface area contributed by atoms with Gasteiger partial charge in [-0.3, -0.25) is 0 Å². The molecule has 0 aliphatic heterocycles. The standard InChI is InChI=1S/C17H20/c1-11-7-6-8-16(15(11)5)17-10-13(3)12(2)9-14(17)4/h6-10H,1-5H3. The van der Waals surface area contributed by atoms with Crippen molar-refractivity contribution in [2.75, 3.05) is 0 Å². The molecular weight excluding hydrogens is 204 g/mol. The van der Waals surface area contributed by atoms with Gasteiger partial charge in [-0.1, -0.05) is 30.3 Å². The quantitative estimate of drug-likeness (QED) is 0.646. The first-order valence-corrected chi connectivity index (χ1v) is 6.15. The topological polar surface area (TPSA) is 0 Å². The highest BCUT2D eigenvalue weighted by molar-refractivity contribution is 5.72. The molecule has 0 amide bonds. The van der Waals surface area contributed by atoms with Crippen molar-refractivity contribution in [3.05, 3.63) is 58.1 Å². The predicted molar refractivity (Wildman–Crippen MR) is 75.6 cm³/mol. The summed E-state index contributed by atoms with van der Waals surface area (Å²) >= 11 is 0. The van der Waals surface area contributed by atoms with E-state index in [-0.39, 0.29) is 0 Å². The van der Waals surface area contributed by atoms with Crippen LogP contribution in [0.5, 0.6) is 0 Å². The summed E-state index contributed by atoms with van der Waals surface area (Å²) in [7, 11) is 0. The zero-order valence-corrected chi connectivity index (χ0v) is 11.4. The van der Waals surface area contributed by atoms with Crippen LogP contribution < -0.4 is 0 Å². The summed E-state index contributed by atoms with van der Waals surface area (Å²) in [5.74, 6) is 0. The largest absolute Gasteiger partial charge is 0.0614 e. The van der Waals surface area contributed by atoms with Crippen LogP contribution in [-0.2, 0) is 0 Å². The third-order valence-electron chi connectivity index (χ3n) is 3.74. The molecule has 0 spiro atoms. The fourth-order valence-electron chi connectivity index (χ4n) is 2.29. The van der Waals surface area contributed by atoms with Crippen molar-refractivity contribution in [2.45, 2.75) is 34.6 Å². The van der Waals surface area contributed by atoms with Crippen molar-refractivity contribution >= 4 is 0 Å². The molecule has 0 aromatic heterocycles. The van der Waals surface area contributed by atoms with Crippen LogP contribution >= 0.6 is 0 Å². The maximum atomic E-state index is 2.31. The van der Waals surface area contributed by atoms with Crippen LogP contribution in [0.3, 0.4) is 0 Å². The van der Waals surface area contributed by atoms with Gasteiger partial charge in [-0.05, 0) is 73.6 Å². The minimum Gasteiger partial charge on any atom is -0.0614 e. The van der Waals surface area contributed by atoms with Crippen LogP contribution in [0.15, 0.2) is 30.3 Å². The summed E-state index contributed by atoms with van der Waals surface area (Å²) < 4.78 is 0. The molecule has 88 valence electrons. The monoisotopic (exact) mass is 224 g/mol. The summed E-state index contributed by atoms with van der Waals surface area (Å²) in [6.45, 7) is 10.9. The van der Waals surface area contributed by atoms with Crippen molar-refractivity contribution in [3.63, 3.8) is 0 Å². The van der Waals surface area contributed by atoms with Crippen LogP contribution in [0.4, 0.5) is 0 Å². The van der Waals surface area contributed by atoms with Gasteiger partial charge in [0.25, 0.3) is 0 Å². The Hall–Kier alpha value is -1.56. The molecule has 0 N–H and O–H groups in total. The van der Waals surface area contributed by atoms with Crippen LogP contribution in [0.1, 0.15) is 27.8 Å². The van der Waals surface area contributed by atoms with Crippen LogP contribution in [0, 0.1) is 34.6 Å². The number of benzene rings is 2. The van der Waals surface area contributed by atoms with E-state index in [4.69, 9.17) is 0 Å². The molecule has 0 fully saturated rings. The van der Waals surface area contributed by atoms with Crippen molar-refractivity contribution in [1.29, 1.82) is 0 Å². The van der Waals surface area contributed by atoms with Gasteiger partial charge in [-0.25, -0.2) is 0 Å². The lowest BCUT2D eigenvalue weighted by molar-refractivity contribution is 1.28. The van der Waals surface area contributed by atoms with Gasteiger partial charge in [0, 0.05) is 0 Å². The van der Waals surface area contributed by atoms with Gasteiger partial charge in [-0.15, -0.1) is 0 Å². The second-order valence-electron chi connectivity index (χ2n) is 5.00. The molecule has 0 aliphatic carbocycles. The zero-order chi connectivity index (χ0) is 12.6. The Labute approximate surface area is 104 Å². The van der Waals surface area contributed by atoms with Gasteiger partial charge in [0.2, 0.25) is 0 Å². The van der Waals surface area contributed by atoms with Gasteiger partial charge >= 0.3 is 0 Å². The number of rotatable bonds is 1. The second-order valence-corrected chi connectivity index (χ2v) is 5.00. The highest BCUT2D eigenvalue weighted by atomic mass is 14.1. The molecule has 0 unspecified atom stereocenters. The van der Waals surface area contributed by atoms with Gasteiger partial charge in [-0.2, -0.15) is 0 Å². The fourth-order valence-corrected chi connectivity index (χ4v) is 2.29. The average Bonchev–Trinajstić information content (AvgIpc) is 2.28. The third kappa shape index (κ3) is 2.12. The molecular formula is C17H20. The lowest BCUT2D eigenvalue weighted by Gasteiger charge is -2.13. The predicted octanol–water partition coefficient (Wildman–Crippen LogP) is 4.90. The van der Waals surface area contributed by atoms with E-state index < -0.39 is 0 Å². The Kier molecular flexibility index (Phi) is 3.06. The second kappa shape index (κ2) is 4.37. The van der Waals surface area contributed by atoms with E-state index in [2.05, 4.69) is 65.0 Å². The Bertz CT molecular complexity index is 562. The van der Waals surface area contributed by atoms with Crippen LogP contribution in [0.2, 0.25) is 0 Å². The van der Waals surface area contributed by atoms with E-state index in [0.29, 0.717) is 0 Å². The Morgan fingerprint density at radius 2 is 1.24 bits per heavy atom. The molecule has 0 saturated heterocycles. The van der Waals surface area contributed by atoms with Crippen LogP contribution in [0.25, 0.3) is 11.1 Å². The summed E-state index contributed by atoms with van der Waals surface area (Å²) in [5.41, 5.74) is 9.59. The molecule has 0 heteroatoms. The highest BCUT2D eigenvalue weighted by Crippen LogP contribution is 2.30. The van der Waals surface area contributed by atoms with Gasteiger partial charge in [0.15, 0.2) is 0 Å². The Balaban J connectivity index is 2.69. The van der Waals surface area contributed by atoms with E-state index in [1.165, 1.54) is 38.9 Å². The van der Waals surface area contributed by atoms with Crippen molar-refractivity contribution < 1.29 is 0 Å². The number of hydrogen-bond donors (Lipinski definition) is 0. The number of hydrogen-bond acceptors (Lipinski definition) is 0. The van der Waals surface area contributed by atoms with E-state index >= 15 is 0 Å².